The van der Waals surface area contributed by atoms with E-state index in [-0.39, 0.29) is 18.0 Å². The number of amides is 2. The lowest BCUT2D eigenvalue weighted by molar-refractivity contribution is -0.180. The zero-order valence-electron chi connectivity index (χ0n) is 23.1. The van der Waals surface area contributed by atoms with Crippen molar-refractivity contribution < 1.29 is 41.8 Å². The van der Waals surface area contributed by atoms with Gasteiger partial charge in [-0.2, -0.15) is 8.42 Å². The van der Waals surface area contributed by atoms with Crippen molar-refractivity contribution in [3.05, 3.63) is 29.6 Å². The highest BCUT2D eigenvalue weighted by atomic mass is 32.2. The number of hydrogen-bond acceptors (Lipinski definition) is 8. The van der Waals surface area contributed by atoms with E-state index in [1.54, 1.807) is 38.5 Å². The number of carbonyl (C=O) groups is 3. The zero-order valence-corrected chi connectivity index (χ0v) is 23.9. The van der Waals surface area contributed by atoms with E-state index in [4.69, 9.17) is 9.47 Å². The molecule has 3 aliphatic rings. The van der Waals surface area contributed by atoms with Crippen LogP contribution >= 0.6 is 0 Å². The van der Waals surface area contributed by atoms with Crippen LogP contribution in [0.2, 0.25) is 0 Å². The highest BCUT2D eigenvalue weighted by molar-refractivity contribution is 7.92. The number of rotatable bonds is 9. The highest BCUT2D eigenvalue weighted by Gasteiger charge is 2.40. The summed E-state index contributed by atoms with van der Waals surface area (Å²) in [5, 5.41) is 10.3. The van der Waals surface area contributed by atoms with E-state index >= 15 is 4.39 Å². The minimum absolute atomic E-state index is 0.0158. The molecule has 40 heavy (non-hydrogen) atoms. The molecule has 1 saturated carbocycles. The van der Waals surface area contributed by atoms with Gasteiger partial charge in [-0.3, -0.25) is 14.5 Å². The van der Waals surface area contributed by atoms with E-state index in [1.807, 2.05) is 0 Å². The van der Waals surface area contributed by atoms with Crippen LogP contribution in [-0.2, 0) is 29.3 Å². The van der Waals surface area contributed by atoms with E-state index in [1.165, 1.54) is 11.0 Å². The third-order valence-corrected chi connectivity index (χ3v) is 8.82. The van der Waals surface area contributed by atoms with Crippen molar-refractivity contribution in [1.29, 1.82) is 0 Å². The molecule has 2 atom stereocenters. The van der Waals surface area contributed by atoms with Crippen molar-refractivity contribution in [1.82, 2.24) is 9.62 Å². The number of hydrogen-bond donors (Lipinski definition) is 2. The summed E-state index contributed by atoms with van der Waals surface area (Å²) in [6, 6.07) is 2.02. The van der Waals surface area contributed by atoms with Crippen LogP contribution < -0.4 is 9.03 Å². The molecular formula is C27H36FN3O8S. The van der Waals surface area contributed by atoms with E-state index in [9.17, 15) is 27.9 Å². The van der Waals surface area contributed by atoms with E-state index in [2.05, 4.69) is 0 Å². The Kier molecular flexibility index (Phi) is 8.62. The molecule has 11 nitrogen and oxygen atoms in total. The van der Waals surface area contributed by atoms with Crippen LogP contribution in [0.25, 0.3) is 5.57 Å². The standard InChI is InChI=1S/C27H36FN3O8S/c1-15(2)25(34)38-26(16(3)4)39-27(35)30-13-18(12-19(30)9-8-17-6-5-7-17)20-10-11-21(32)24(23(20)28)31-14-22(33)29-40(31,36)37/h10-12,15-17,19,26,32H,5-9,13-14H2,1-4H3,(H,29,33)/t19-,26?/m1/s1. The second-order valence-corrected chi connectivity index (χ2v) is 12.8. The monoisotopic (exact) mass is 581 g/mol. The highest BCUT2D eigenvalue weighted by Crippen LogP contribution is 2.40. The maximum atomic E-state index is 15.8. The van der Waals surface area contributed by atoms with Crippen molar-refractivity contribution in [3.63, 3.8) is 0 Å². The summed E-state index contributed by atoms with van der Waals surface area (Å²) in [6.45, 7) is 6.13. The van der Waals surface area contributed by atoms with Crippen LogP contribution in [0.4, 0.5) is 14.9 Å². The number of carbonyl (C=O) groups excluding carboxylic acids is 3. The number of phenols is 1. The minimum atomic E-state index is -4.37. The third-order valence-electron chi connectivity index (χ3n) is 7.44. The largest absolute Gasteiger partial charge is 0.506 e. The number of ether oxygens (including phenoxy) is 2. The molecule has 1 saturated heterocycles. The van der Waals surface area contributed by atoms with Gasteiger partial charge in [0.2, 0.25) is 0 Å². The Bertz CT molecular complexity index is 1310. The molecule has 2 amide bonds. The van der Waals surface area contributed by atoms with Gasteiger partial charge in [0.15, 0.2) is 5.82 Å². The number of phenolic OH excluding ortho intramolecular Hbond substituents is 1. The molecule has 2 aliphatic heterocycles. The quantitative estimate of drug-likeness (QED) is 0.332. The maximum Gasteiger partial charge on any atom is 0.413 e. The molecule has 1 aromatic carbocycles. The smallest absolute Gasteiger partial charge is 0.413 e. The van der Waals surface area contributed by atoms with Crippen LogP contribution in [0.1, 0.15) is 65.4 Å². The van der Waals surface area contributed by atoms with E-state index in [0.717, 1.165) is 31.7 Å². The van der Waals surface area contributed by atoms with Gasteiger partial charge in [-0.05, 0) is 36.5 Å². The van der Waals surface area contributed by atoms with Gasteiger partial charge in [0.05, 0.1) is 18.5 Å². The predicted molar refractivity (Wildman–Crippen MR) is 144 cm³/mol. The fraction of sp³-hybridized carbons (Fsp3) is 0.593. The molecule has 0 bridgehead atoms. The molecule has 2 heterocycles. The Morgan fingerprint density at radius 3 is 2.38 bits per heavy atom. The number of aromatic hydroxyl groups is 1. The number of halogens is 1. The first-order valence-electron chi connectivity index (χ1n) is 13.5. The lowest BCUT2D eigenvalue weighted by Gasteiger charge is -2.31. The van der Waals surface area contributed by atoms with Gasteiger partial charge < -0.3 is 14.6 Å². The maximum absolute atomic E-state index is 15.8. The molecule has 13 heteroatoms. The molecule has 0 spiro atoms. The van der Waals surface area contributed by atoms with Crippen molar-refractivity contribution in [3.8, 4) is 5.75 Å². The van der Waals surface area contributed by atoms with Crippen LogP contribution in [0, 0.1) is 23.6 Å². The summed E-state index contributed by atoms with van der Waals surface area (Å²) >= 11 is 0. The molecule has 1 unspecified atom stereocenters. The van der Waals surface area contributed by atoms with Crippen LogP contribution in [-0.4, -0.2) is 61.8 Å². The molecule has 2 N–H and O–H groups in total. The Balaban J connectivity index is 1.61. The number of benzene rings is 1. The molecule has 4 rings (SSSR count). The molecule has 2 fully saturated rings. The number of nitrogens with one attached hydrogen (secondary N) is 1. The van der Waals surface area contributed by atoms with Gasteiger partial charge in [-0.1, -0.05) is 53.0 Å². The number of nitrogens with zero attached hydrogens (tertiary/aromatic N) is 2. The SMILES string of the molecule is CC(C)C(=O)OC(OC(=O)N1CC(c2ccc(O)c(N3CC(=O)NS3(=O)=O)c2F)=C[C@H]1CCC1CCC1)C(C)C. The molecule has 220 valence electrons. The lowest BCUT2D eigenvalue weighted by atomic mass is 9.81. The average molecular weight is 582 g/mol. The predicted octanol–water partition coefficient (Wildman–Crippen LogP) is 3.68. The summed E-state index contributed by atoms with van der Waals surface area (Å²) < 4.78 is 53.8. The summed E-state index contributed by atoms with van der Waals surface area (Å²) in [4.78, 5) is 38.7. The Morgan fingerprint density at radius 2 is 1.82 bits per heavy atom. The van der Waals surface area contributed by atoms with Crippen LogP contribution in [0.15, 0.2) is 18.2 Å². The van der Waals surface area contributed by atoms with E-state index in [0.29, 0.717) is 22.2 Å². The molecule has 0 radical (unpaired) electrons. The fourth-order valence-electron chi connectivity index (χ4n) is 4.88. The third kappa shape index (κ3) is 6.18. The summed E-state index contributed by atoms with van der Waals surface area (Å²) in [5.74, 6) is -3.22. The minimum Gasteiger partial charge on any atom is -0.506 e. The molecule has 1 aliphatic carbocycles. The van der Waals surface area contributed by atoms with Crippen molar-refractivity contribution >= 4 is 39.4 Å². The Labute approximate surface area is 233 Å². The summed E-state index contributed by atoms with van der Waals surface area (Å²) in [7, 11) is -4.37. The van der Waals surface area contributed by atoms with Gasteiger partial charge in [0, 0.05) is 11.5 Å². The van der Waals surface area contributed by atoms with Gasteiger partial charge in [-0.15, -0.1) is 0 Å². The second kappa shape index (κ2) is 11.6. The molecular weight excluding hydrogens is 545 g/mol. The zero-order chi connectivity index (χ0) is 29.4. The van der Waals surface area contributed by atoms with Gasteiger partial charge in [0.25, 0.3) is 12.2 Å². The number of anilines is 1. The first-order valence-corrected chi connectivity index (χ1v) is 15.0. The van der Waals surface area contributed by atoms with Crippen molar-refractivity contribution in [2.45, 2.75) is 72.1 Å². The number of esters is 1. The van der Waals surface area contributed by atoms with Gasteiger partial charge >= 0.3 is 22.3 Å². The Morgan fingerprint density at radius 1 is 1.12 bits per heavy atom. The van der Waals surface area contributed by atoms with Crippen molar-refractivity contribution in [2.75, 3.05) is 17.4 Å². The van der Waals surface area contributed by atoms with E-state index < -0.39 is 70.2 Å². The fourth-order valence-corrected chi connectivity index (χ4v) is 6.04. The normalized spacial score (nSPS) is 21.3. The van der Waals surface area contributed by atoms with Gasteiger partial charge in [0.1, 0.15) is 18.0 Å². The van der Waals surface area contributed by atoms with Gasteiger partial charge in [-0.25, -0.2) is 18.2 Å². The van der Waals surface area contributed by atoms with Crippen LogP contribution in [0.3, 0.4) is 0 Å². The lowest BCUT2D eigenvalue weighted by Crippen LogP contribution is -2.41. The first-order chi connectivity index (χ1) is 18.8. The molecule has 1 aromatic rings. The average Bonchev–Trinajstić information content (AvgIpc) is 3.36. The summed E-state index contributed by atoms with van der Waals surface area (Å²) in [6.07, 6.45) is 4.76. The molecule has 0 aromatic heterocycles. The first kappa shape index (κ1) is 29.6. The second-order valence-electron chi connectivity index (χ2n) is 11.2. The Hall–Kier alpha value is -3.35. The summed E-state index contributed by atoms with van der Waals surface area (Å²) in [5.41, 5.74) is -0.271. The van der Waals surface area contributed by atoms with Crippen LogP contribution in [0.5, 0.6) is 5.75 Å². The topological polar surface area (TPSA) is 143 Å². The van der Waals surface area contributed by atoms with Crippen molar-refractivity contribution in [2.24, 2.45) is 17.8 Å².